The summed E-state index contributed by atoms with van der Waals surface area (Å²) < 4.78 is 10.5. The standard InChI is InChI=1S/C19H24N2O6/c1-26-14-5-6-15(16(10-14)27-2)21-11-12(8-17(21)22)19(25)20-7-3-4-13(20)9-18(23)24/h5-6,10,12-13H,3-4,7-9,11H2,1-2H3,(H,23,24). The fourth-order valence-electron chi connectivity index (χ4n) is 3.89. The average Bonchev–Trinajstić information content (AvgIpc) is 3.26. The Kier molecular flexibility index (Phi) is 5.53. The van der Waals surface area contributed by atoms with E-state index in [-0.39, 0.29) is 37.2 Å². The number of hydrogen-bond acceptors (Lipinski definition) is 5. The third kappa shape index (κ3) is 3.84. The Morgan fingerprint density at radius 2 is 2.04 bits per heavy atom. The first-order valence-corrected chi connectivity index (χ1v) is 8.99. The van der Waals surface area contributed by atoms with Gasteiger partial charge in [0.1, 0.15) is 11.5 Å². The monoisotopic (exact) mass is 376 g/mol. The number of amides is 2. The fraction of sp³-hybridized carbons (Fsp3) is 0.526. The van der Waals surface area contributed by atoms with Gasteiger partial charge in [-0.25, -0.2) is 0 Å². The van der Waals surface area contributed by atoms with Crippen LogP contribution in [0.25, 0.3) is 0 Å². The second-order valence-electron chi connectivity index (χ2n) is 6.87. The van der Waals surface area contributed by atoms with Crippen molar-refractivity contribution in [2.75, 3.05) is 32.2 Å². The Morgan fingerprint density at radius 1 is 1.26 bits per heavy atom. The summed E-state index contributed by atoms with van der Waals surface area (Å²) in [5.41, 5.74) is 0.599. The van der Waals surface area contributed by atoms with Crippen LogP contribution in [-0.2, 0) is 14.4 Å². The van der Waals surface area contributed by atoms with Crippen LogP contribution in [0, 0.1) is 5.92 Å². The minimum atomic E-state index is -0.910. The largest absolute Gasteiger partial charge is 0.497 e. The zero-order chi connectivity index (χ0) is 19.6. The molecule has 27 heavy (non-hydrogen) atoms. The summed E-state index contributed by atoms with van der Waals surface area (Å²) in [5, 5.41) is 9.05. The lowest BCUT2D eigenvalue weighted by Crippen LogP contribution is -2.41. The molecule has 2 unspecified atom stereocenters. The molecule has 8 heteroatoms. The fourth-order valence-corrected chi connectivity index (χ4v) is 3.89. The van der Waals surface area contributed by atoms with E-state index in [0.717, 1.165) is 6.42 Å². The highest BCUT2D eigenvalue weighted by Crippen LogP contribution is 2.36. The highest BCUT2D eigenvalue weighted by atomic mass is 16.5. The summed E-state index contributed by atoms with van der Waals surface area (Å²) in [4.78, 5) is 39.7. The van der Waals surface area contributed by atoms with Crippen LogP contribution in [0.5, 0.6) is 11.5 Å². The zero-order valence-electron chi connectivity index (χ0n) is 15.5. The molecular weight excluding hydrogens is 352 g/mol. The molecule has 2 saturated heterocycles. The van der Waals surface area contributed by atoms with E-state index in [4.69, 9.17) is 14.6 Å². The Morgan fingerprint density at radius 3 is 2.70 bits per heavy atom. The summed E-state index contributed by atoms with van der Waals surface area (Å²) in [7, 11) is 3.07. The molecule has 0 radical (unpaired) electrons. The molecule has 2 aliphatic heterocycles. The van der Waals surface area contributed by atoms with Gasteiger partial charge in [0.05, 0.1) is 32.2 Å². The van der Waals surface area contributed by atoms with Gasteiger partial charge in [-0.05, 0) is 25.0 Å². The maximum atomic E-state index is 12.9. The van der Waals surface area contributed by atoms with Gasteiger partial charge in [-0.15, -0.1) is 0 Å². The number of carboxylic acid groups (broad SMARTS) is 1. The Hall–Kier alpha value is -2.77. The Labute approximate surface area is 157 Å². The highest BCUT2D eigenvalue weighted by Gasteiger charge is 2.41. The number of carboxylic acids is 1. The van der Waals surface area contributed by atoms with Crippen molar-refractivity contribution in [2.45, 2.75) is 31.7 Å². The van der Waals surface area contributed by atoms with Gasteiger partial charge in [-0.2, -0.15) is 0 Å². The van der Waals surface area contributed by atoms with Crippen LogP contribution in [0.15, 0.2) is 18.2 Å². The van der Waals surface area contributed by atoms with Crippen LogP contribution < -0.4 is 14.4 Å². The molecule has 1 aromatic carbocycles. The molecule has 0 saturated carbocycles. The van der Waals surface area contributed by atoms with E-state index in [1.165, 1.54) is 7.11 Å². The molecule has 3 rings (SSSR count). The molecule has 1 aromatic rings. The average molecular weight is 376 g/mol. The van der Waals surface area contributed by atoms with Crippen LogP contribution >= 0.6 is 0 Å². The summed E-state index contributed by atoms with van der Waals surface area (Å²) >= 11 is 0. The lowest BCUT2D eigenvalue weighted by Gasteiger charge is -2.26. The first kappa shape index (κ1) is 19.0. The molecule has 1 N–H and O–H groups in total. The van der Waals surface area contributed by atoms with E-state index in [1.54, 1.807) is 35.1 Å². The van der Waals surface area contributed by atoms with Crippen molar-refractivity contribution in [3.05, 3.63) is 18.2 Å². The first-order chi connectivity index (χ1) is 12.9. The number of anilines is 1. The van der Waals surface area contributed by atoms with Crippen LogP contribution in [0.4, 0.5) is 5.69 Å². The smallest absolute Gasteiger partial charge is 0.305 e. The predicted molar refractivity (Wildman–Crippen MR) is 97.0 cm³/mol. The third-order valence-corrected chi connectivity index (χ3v) is 5.22. The van der Waals surface area contributed by atoms with Crippen LogP contribution in [-0.4, -0.2) is 61.1 Å². The molecule has 8 nitrogen and oxygen atoms in total. The van der Waals surface area contributed by atoms with Gasteiger partial charge in [0.15, 0.2) is 0 Å². The zero-order valence-corrected chi connectivity index (χ0v) is 15.5. The molecular formula is C19H24N2O6. The lowest BCUT2D eigenvalue weighted by atomic mass is 10.1. The first-order valence-electron chi connectivity index (χ1n) is 8.99. The predicted octanol–water partition coefficient (Wildman–Crippen LogP) is 1.52. The summed E-state index contributed by atoms with van der Waals surface area (Å²) in [5.74, 6) is -0.553. The molecule has 2 amide bonds. The van der Waals surface area contributed by atoms with Crippen LogP contribution in [0.3, 0.4) is 0 Å². The van der Waals surface area contributed by atoms with Crippen molar-refractivity contribution in [1.82, 2.24) is 4.90 Å². The number of likely N-dealkylation sites (tertiary alicyclic amines) is 1. The van der Waals surface area contributed by atoms with Gasteiger partial charge in [0.2, 0.25) is 11.8 Å². The lowest BCUT2D eigenvalue weighted by molar-refractivity contribution is -0.141. The maximum Gasteiger partial charge on any atom is 0.305 e. The van der Waals surface area contributed by atoms with Crippen molar-refractivity contribution >= 4 is 23.5 Å². The van der Waals surface area contributed by atoms with E-state index in [2.05, 4.69) is 0 Å². The summed E-state index contributed by atoms with van der Waals surface area (Å²) in [6.45, 7) is 0.809. The second-order valence-corrected chi connectivity index (χ2v) is 6.87. The topological polar surface area (TPSA) is 96.4 Å². The van der Waals surface area contributed by atoms with Crippen molar-refractivity contribution in [1.29, 1.82) is 0 Å². The number of hydrogen-bond donors (Lipinski definition) is 1. The number of ether oxygens (including phenoxy) is 2. The Balaban J connectivity index is 1.75. The second kappa shape index (κ2) is 7.85. The van der Waals surface area contributed by atoms with E-state index >= 15 is 0 Å². The number of aliphatic carboxylic acids is 1. The number of carbonyl (C=O) groups excluding carboxylic acids is 2. The number of rotatable bonds is 6. The number of nitrogens with zero attached hydrogens (tertiary/aromatic N) is 2. The maximum absolute atomic E-state index is 12.9. The SMILES string of the molecule is COc1ccc(N2CC(C(=O)N3CCCC3CC(=O)O)CC2=O)c(OC)c1. The van der Waals surface area contributed by atoms with Crippen molar-refractivity contribution in [3.63, 3.8) is 0 Å². The quantitative estimate of drug-likeness (QED) is 0.809. The van der Waals surface area contributed by atoms with Gasteiger partial charge in [-0.1, -0.05) is 0 Å². The van der Waals surface area contributed by atoms with Gasteiger partial charge >= 0.3 is 5.97 Å². The molecule has 146 valence electrons. The van der Waals surface area contributed by atoms with Gasteiger partial charge in [0.25, 0.3) is 0 Å². The third-order valence-electron chi connectivity index (χ3n) is 5.22. The van der Waals surface area contributed by atoms with Crippen molar-refractivity contribution in [3.8, 4) is 11.5 Å². The van der Waals surface area contributed by atoms with E-state index in [1.807, 2.05) is 0 Å². The Bertz CT molecular complexity index is 750. The summed E-state index contributed by atoms with van der Waals surface area (Å²) in [6, 6.07) is 4.89. The minimum absolute atomic E-state index is 0.0532. The minimum Gasteiger partial charge on any atom is -0.497 e. The van der Waals surface area contributed by atoms with Crippen molar-refractivity contribution in [2.24, 2.45) is 5.92 Å². The highest BCUT2D eigenvalue weighted by molar-refractivity contribution is 6.01. The van der Waals surface area contributed by atoms with E-state index < -0.39 is 11.9 Å². The van der Waals surface area contributed by atoms with Crippen LogP contribution in [0.1, 0.15) is 25.7 Å². The van der Waals surface area contributed by atoms with Gasteiger partial charge in [-0.3, -0.25) is 14.4 Å². The number of methoxy groups -OCH3 is 2. The summed E-state index contributed by atoms with van der Waals surface area (Å²) in [6.07, 6.45) is 1.54. The van der Waals surface area contributed by atoms with Gasteiger partial charge < -0.3 is 24.4 Å². The molecule has 0 aliphatic carbocycles. The molecule has 2 fully saturated rings. The normalized spacial score (nSPS) is 22.2. The van der Waals surface area contributed by atoms with E-state index in [9.17, 15) is 14.4 Å². The van der Waals surface area contributed by atoms with Crippen LogP contribution in [0.2, 0.25) is 0 Å². The molecule has 0 bridgehead atoms. The number of carbonyl (C=O) groups is 3. The van der Waals surface area contributed by atoms with Gasteiger partial charge in [0, 0.05) is 31.6 Å². The molecule has 2 atom stereocenters. The number of benzene rings is 1. The van der Waals surface area contributed by atoms with E-state index in [0.29, 0.717) is 30.2 Å². The molecule has 2 aliphatic rings. The molecule has 2 heterocycles. The molecule has 0 aromatic heterocycles. The molecule has 0 spiro atoms. The van der Waals surface area contributed by atoms with Crippen molar-refractivity contribution < 1.29 is 29.0 Å².